The predicted octanol–water partition coefficient (Wildman–Crippen LogP) is 9.65. The first-order valence-corrected chi connectivity index (χ1v) is 16.5. The fourth-order valence-corrected chi connectivity index (χ4v) is 6.78. The van der Waals surface area contributed by atoms with Crippen molar-refractivity contribution >= 4 is 46.0 Å². The van der Waals surface area contributed by atoms with E-state index in [4.69, 9.17) is 37.4 Å². The molecule has 0 atom stereocenters. The van der Waals surface area contributed by atoms with Crippen molar-refractivity contribution in [2.75, 3.05) is 62.4 Å². The van der Waals surface area contributed by atoms with Crippen LogP contribution in [-0.4, -0.2) is 62.5 Å². The molecule has 0 radical (unpaired) electrons. The van der Waals surface area contributed by atoms with E-state index in [0.29, 0.717) is 12.1 Å². The molecule has 53 heavy (non-hydrogen) atoms. The van der Waals surface area contributed by atoms with Gasteiger partial charge in [0.1, 0.15) is 22.9 Å². The predicted molar refractivity (Wildman–Crippen MR) is 183 cm³/mol. The van der Waals surface area contributed by atoms with Gasteiger partial charge in [0.05, 0.1) is 58.5 Å². The van der Waals surface area contributed by atoms with E-state index in [0.717, 1.165) is 36.4 Å². The number of hydrogen-bond donors (Lipinski definition) is 0. The summed E-state index contributed by atoms with van der Waals surface area (Å²) in [5.74, 6) is -0.352. The Kier molecular flexibility index (Phi) is 10.6. The van der Waals surface area contributed by atoms with Gasteiger partial charge in [0.25, 0.3) is 11.4 Å². The zero-order valence-corrected chi connectivity index (χ0v) is 28.6. The fourth-order valence-electron chi connectivity index (χ4n) is 6.23. The number of ether oxygens (including phenoxy) is 3. The SMILES string of the molecule is O=[N+]([O-])c1ccc(Oc2ccc([N+](=O)[O-])c(N3CCOCC3)c2-c2ccc(C(F)(F)F)cc2Cl)c(-c2ccc(C(F)(F)F)cc2Cl)c1N1CCOCC1. The van der Waals surface area contributed by atoms with Crippen LogP contribution in [0.3, 0.4) is 0 Å². The van der Waals surface area contributed by atoms with Crippen molar-refractivity contribution in [2.24, 2.45) is 0 Å². The van der Waals surface area contributed by atoms with Crippen LogP contribution >= 0.6 is 23.2 Å². The zero-order valence-electron chi connectivity index (χ0n) is 27.1. The minimum Gasteiger partial charge on any atom is -0.456 e. The van der Waals surface area contributed by atoms with Crippen LogP contribution in [0.1, 0.15) is 11.1 Å². The molecule has 0 saturated carbocycles. The van der Waals surface area contributed by atoms with Gasteiger partial charge in [0.15, 0.2) is 0 Å². The molecule has 0 aromatic heterocycles. The summed E-state index contributed by atoms with van der Waals surface area (Å²) < 4.78 is 99.5. The van der Waals surface area contributed by atoms with Gasteiger partial charge in [-0.15, -0.1) is 0 Å². The van der Waals surface area contributed by atoms with Crippen molar-refractivity contribution < 1.29 is 50.4 Å². The highest BCUT2D eigenvalue weighted by Crippen LogP contribution is 2.53. The van der Waals surface area contributed by atoms with Crippen LogP contribution in [0, 0.1) is 20.2 Å². The first-order chi connectivity index (χ1) is 25.1. The molecule has 19 heteroatoms. The third-order valence-electron chi connectivity index (χ3n) is 8.64. The van der Waals surface area contributed by atoms with E-state index >= 15 is 0 Å². The lowest BCUT2D eigenvalue weighted by Gasteiger charge is -2.32. The lowest BCUT2D eigenvalue weighted by atomic mass is 9.97. The Morgan fingerprint density at radius 1 is 0.604 bits per heavy atom. The second kappa shape index (κ2) is 14.9. The van der Waals surface area contributed by atoms with E-state index in [-0.39, 0.29) is 97.7 Å². The molecule has 0 bridgehead atoms. The number of morpholine rings is 2. The number of nitro benzene ring substituents is 2. The molecule has 6 rings (SSSR count). The summed E-state index contributed by atoms with van der Waals surface area (Å²) in [5.41, 5.74) is -3.49. The number of rotatable bonds is 8. The molecule has 2 fully saturated rings. The molecule has 0 amide bonds. The van der Waals surface area contributed by atoms with Crippen LogP contribution in [-0.2, 0) is 21.8 Å². The Labute approximate surface area is 306 Å². The topological polar surface area (TPSA) is 120 Å². The van der Waals surface area contributed by atoms with E-state index in [9.17, 15) is 46.6 Å². The van der Waals surface area contributed by atoms with Gasteiger partial charge in [0.2, 0.25) is 0 Å². The molecule has 280 valence electrons. The van der Waals surface area contributed by atoms with Crippen molar-refractivity contribution in [3.8, 4) is 33.8 Å². The summed E-state index contributed by atoms with van der Waals surface area (Å²) in [6.45, 7) is 1.19. The first kappa shape index (κ1) is 37.9. The Morgan fingerprint density at radius 3 is 1.26 bits per heavy atom. The summed E-state index contributed by atoms with van der Waals surface area (Å²) in [6, 6.07) is 9.57. The number of hydrogen-bond acceptors (Lipinski definition) is 9. The van der Waals surface area contributed by atoms with Crippen molar-refractivity contribution in [1.29, 1.82) is 0 Å². The highest BCUT2D eigenvalue weighted by atomic mass is 35.5. The smallest absolute Gasteiger partial charge is 0.416 e. The van der Waals surface area contributed by atoms with E-state index in [1.807, 2.05) is 0 Å². The first-order valence-electron chi connectivity index (χ1n) is 15.8. The van der Waals surface area contributed by atoms with Gasteiger partial charge in [-0.2, -0.15) is 26.3 Å². The normalized spacial score (nSPS) is 15.4. The maximum Gasteiger partial charge on any atom is 0.416 e. The summed E-state index contributed by atoms with van der Waals surface area (Å²) in [5, 5.41) is 24.0. The Hall–Kier alpha value is -4.84. The maximum absolute atomic E-state index is 13.7. The lowest BCUT2D eigenvalue weighted by Crippen LogP contribution is -2.37. The monoisotopic (exact) mass is 786 g/mol. The van der Waals surface area contributed by atoms with Gasteiger partial charge in [-0.25, -0.2) is 0 Å². The molecule has 2 aliphatic rings. The Morgan fingerprint density at radius 2 is 0.962 bits per heavy atom. The number of anilines is 2. The number of benzene rings is 4. The van der Waals surface area contributed by atoms with Crippen LogP contribution in [0.25, 0.3) is 22.3 Å². The van der Waals surface area contributed by atoms with Crippen molar-refractivity contribution in [3.05, 3.63) is 102 Å². The van der Waals surface area contributed by atoms with Crippen LogP contribution in [0.15, 0.2) is 60.7 Å². The van der Waals surface area contributed by atoms with Gasteiger partial charge in [0, 0.05) is 59.5 Å². The van der Waals surface area contributed by atoms with Crippen molar-refractivity contribution in [3.63, 3.8) is 0 Å². The number of halogens is 8. The Bertz CT molecular complexity index is 1930. The van der Waals surface area contributed by atoms with E-state index in [2.05, 4.69) is 0 Å². The summed E-state index contributed by atoms with van der Waals surface area (Å²) in [6.07, 6.45) is -9.55. The molecule has 0 unspecified atom stereocenters. The molecule has 2 saturated heterocycles. The molecule has 2 aliphatic heterocycles. The summed E-state index contributed by atoms with van der Waals surface area (Å²) in [4.78, 5) is 26.7. The van der Waals surface area contributed by atoms with E-state index in [1.54, 1.807) is 9.80 Å². The van der Waals surface area contributed by atoms with E-state index in [1.165, 1.54) is 12.1 Å². The van der Waals surface area contributed by atoms with Crippen molar-refractivity contribution in [1.82, 2.24) is 0 Å². The quantitative estimate of drug-likeness (QED) is 0.0977. The molecule has 11 nitrogen and oxygen atoms in total. The minimum atomic E-state index is -4.78. The highest BCUT2D eigenvalue weighted by Gasteiger charge is 2.36. The lowest BCUT2D eigenvalue weighted by molar-refractivity contribution is -0.384. The van der Waals surface area contributed by atoms with Crippen molar-refractivity contribution in [2.45, 2.75) is 12.4 Å². The number of alkyl halides is 6. The zero-order chi connectivity index (χ0) is 38.2. The molecule has 0 spiro atoms. The van der Waals surface area contributed by atoms with Gasteiger partial charge < -0.3 is 24.0 Å². The molecule has 4 aromatic carbocycles. The van der Waals surface area contributed by atoms with Gasteiger partial charge >= 0.3 is 12.4 Å². The maximum atomic E-state index is 13.7. The molecule has 0 aliphatic carbocycles. The third kappa shape index (κ3) is 7.78. The van der Waals surface area contributed by atoms with Crippen LogP contribution in [0.4, 0.5) is 49.1 Å². The Balaban J connectivity index is 1.65. The van der Waals surface area contributed by atoms with Crippen LogP contribution in [0.2, 0.25) is 10.0 Å². The third-order valence-corrected chi connectivity index (χ3v) is 9.26. The molecular weight excluding hydrogens is 761 g/mol. The van der Waals surface area contributed by atoms with Crippen LogP contribution in [0.5, 0.6) is 11.5 Å². The summed E-state index contributed by atoms with van der Waals surface area (Å²) in [7, 11) is 0. The van der Waals surface area contributed by atoms with Crippen LogP contribution < -0.4 is 14.5 Å². The average molecular weight is 787 g/mol. The number of nitro groups is 2. The number of nitrogens with zero attached hydrogens (tertiary/aromatic N) is 4. The second-order valence-corrected chi connectivity index (χ2v) is 12.6. The van der Waals surface area contributed by atoms with Gasteiger partial charge in [-0.1, -0.05) is 35.3 Å². The van der Waals surface area contributed by atoms with E-state index < -0.39 is 54.7 Å². The minimum absolute atomic E-state index is 0.0538. The molecular formula is C34H26Cl2F6N4O7. The molecule has 2 heterocycles. The largest absolute Gasteiger partial charge is 0.456 e. The fraction of sp³-hybridized carbons (Fsp3) is 0.294. The second-order valence-electron chi connectivity index (χ2n) is 11.8. The molecule has 4 aromatic rings. The average Bonchev–Trinajstić information content (AvgIpc) is 3.11. The summed E-state index contributed by atoms with van der Waals surface area (Å²) >= 11 is 13.0. The van der Waals surface area contributed by atoms with Gasteiger partial charge in [-0.05, 0) is 36.4 Å². The standard InChI is InChI=1S/C34H26Cl2F6N4O7/c35-23-17-19(33(37,38)39)1-3-21(23)29-27(7-5-25(45(47)48)31(29)43-9-13-51-14-10-43)53-28-8-6-26(46(49)50)32(44-11-15-52-16-12-44)30(28)22-4-2-20(18-24(22)36)34(40,41)42/h1-8,17-18H,9-16H2. The molecule has 0 N–H and O–H groups in total. The highest BCUT2D eigenvalue weighted by molar-refractivity contribution is 6.34. The van der Waals surface area contributed by atoms with Gasteiger partial charge in [-0.3, -0.25) is 20.2 Å².